The van der Waals surface area contributed by atoms with Gasteiger partial charge in [0.2, 0.25) is 0 Å². The maximum atomic E-state index is 13.0. The number of anilines is 1. The first kappa shape index (κ1) is 20.5. The zero-order valence-corrected chi connectivity index (χ0v) is 17.9. The van der Waals surface area contributed by atoms with Crippen LogP contribution in [0.4, 0.5) is 14.5 Å². The number of fused-ring (bicyclic) bond motifs is 1. The van der Waals surface area contributed by atoms with Crippen molar-refractivity contribution in [3.8, 4) is 17.0 Å². The Bertz CT molecular complexity index is 1300. The molecule has 10 heteroatoms. The maximum Gasteiger partial charge on any atom is 0.387 e. The number of nitrogens with zero attached hydrogens (tertiary/aromatic N) is 4. The topological polar surface area (TPSA) is 73.5 Å². The number of carbonyl (C=O) groups is 1. The zero-order valence-electron chi connectivity index (χ0n) is 17.0. The van der Waals surface area contributed by atoms with Gasteiger partial charge in [-0.25, -0.2) is 4.98 Å². The summed E-state index contributed by atoms with van der Waals surface area (Å²) < 4.78 is 34.1. The van der Waals surface area contributed by atoms with E-state index in [1.807, 2.05) is 12.1 Å². The van der Waals surface area contributed by atoms with E-state index in [1.165, 1.54) is 16.9 Å². The van der Waals surface area contributed by atoms with Gasteiger partial charge in [-0.15, -0.1) is 11.8 Å². The largest absolute Gasteiger partial charge is 0.434 e. The molecular formula is C22H19F2N5O2S. The standard InChI is InChI=1S/C22H19F2N5O2S/c1-28-12-17(26-21(30)13-10-25-19-3-2-8-29(19)11-13)20(27-28)16-9-15(32-14-4-5-14)6-7-18(16)31-22(23)24/h2-3,6-12,14,22H,4-5H2,1H3,(H,26,30). The van der Waals surface area contributed by atoms with Crippen LogP contribution in [0.2, 0.25) is 0 Å². The Morgan fingerprint density at radius 2 is 2.12 bits per heavy atom. The highest BCUT2D eigenvalue weighted by Gasteiger charge is 2.25. The fraction of sp³-hybridized carbons (Fsp3) is 0.227. The van der Waals surface area contributed by atoms with E-state index < -0.39 is 6.61 Å². The van der Waals surface area contributed by atoms with E-state index in [1.54, 1.807) is 53.9 Å². The average Bonchev–Trinajstić information content (AvgIpc) is 3.31. The van der Waals surface area contributed by atoms with Crippen LogP contribution in [0, 0.1) is 0 Å². The number of amides is 1. The van der Waals surface area contributed by atoms with E-state index >= 15 is 0 Å². The Labute approximate surface area is 186 Å². The van der Waals surface area contributed by atoms with Crippen molar-refractivity contribution in [3.63, 3.8) is 0 Å². The number of thioether (sulfide) groups is 1. The second-order valence-electron chi connectivity index (χ2n) is 7.49. The summed E-state index contributed by atoms with van der Waals surface area (Å²) in [5.41, 5.74) is 2.21. The summed E-state index contributed by atoms with van der Waals surface area (Å²) in [6.07, 6.45) is 8.86. The minimum Gasteiger partial charge on any atom is -0.434 e. The number of aryl methyl sites for hydroxylation is 1. The Morgan fingerprint density at radius 3 is 2.91 bits per heavy atom. The predicted molar refractivity (Wildman–Crippen MR) is 117 cm³/mol. The molecule has 0 saturated heterocycles. The van der Waals surface area contributed by atoms with Crippen molar-refractivity contribution < 1.29 is 18.3 Å². The molecule has 1 aliphatic carbocycles. The van der Waals surface area contributed by atoms with E-state index in [0.29, 0.717) is 27.8 Å². The summed E-state index contributed by atoms with van der Waals surface area (Å²) in [6, 6.07) is 8.74. The van der Waals surface area contributed by atoms with Crippen molar-refractivity contribution in [2.45, 2.75) is 29.6 Å². The van der Waals surface area contributed by atoms with Crippen LogP contribution >= 0.6 is 11.8 Å². The molecule has 1 amide bonds. The van der Waals surface area contributed by atoms with Crippen molar-refractivity contribution in [3.05, 3.63) is 60.7 Å². The lowest BCUT2D eigenvalue weighted by Crippen LogP contribution is -2.13. The van der Waals surface area contributed by atoms with Crippen LogP contribution in [0.15, 0.2) is 60.0 Å². The first-order chi connectivity index (χ1) is 15.5. The van der Waals surface area contributed by atoms with E-state index in [2.05, 4.69) is 15.4 Å². The molecule has 1 saturated carbocycles. The van der Waals surface area contributed by atoms with Crippen LogP contribution in [0.5, 0.6) is 5.75 Å². The second-order valence-corrected chi connectivity index (χ2v) is 8.86. The number of halogens is 2. The molecule has 1 fully saturated rings. The number of rotatable bonds is 7. The summed E-state index contributed by atoms with van der Waals surface area (Å²) in [4.78, 5) is 18.1. The molecular weight excluding hydrogens is 436 g/mol. The van der Waals surface area contributed by atoms with Gasteiger partial charge >= 0.3 is 6.61 Å². The molecule has 5 rings (SSSR count). The van der Waals surface area contributed by atoms with Gasteiger partial charge in [0.05, 0.1) is 11.3 Å². The molecule has 3 aromatic heterocycles. The number of carbonyl (C=O) groups excluding carboxylic acids is 1. The third-order valence-corrected chi connectivity index (χ3v) is 6.29. The molecule has 7 nitrogen and oxygen atoms in total. The molecule has 164 valence electrons. The minimum atomic E-state index is -2.98. The number of ether oxygens (including phenoxy) is 1. The van der Waals surface area contributed by atoms with Gasteiger partial charge in [0.15, 0.2) is 0 Å². The molecule has 1 N–H and O–H groups in total. The molecule has 0 atom stereocenters. The first-order valence-electron chi connectivity index (χ1n) is 10.00. The second kappa shape index (κ2) is 8.27. The quantitative estimate of drug-likeness (QED) is 0.432. The predicted octanol–water partition coefficient (Wildman–Crippen LogP) is 4.84. The van der Waals surface area contributed by atoms with Gasteiger partial charge in [0.25, 0.3) is 5.91 Å². The lowest BCUT2D eigenvalue weighted by atomic mass is 10.1. The van der Waals surface area contributed by atoms with Gasteiger partial charge in [-0.05, 0) is 43.2 Å². The molecule has 1 aromatic carbocycles. The third-order valence-electron chi connectivity index (χ3n) is 4.96. The monoisotopic (exact) mass is 455 g/mol. The highest BCUT2D eigenvalue weighted by atomic mass is 32.2. The van der Waals surface area contributed by atoms with Gasteiger partial charge in [-0.2, -0.15) is 13.9 Å². The van der Waals surface area contributed by atoms with Gasteiger partial charge in [-0.3, -0.25) is 9.48 Å². The SMILES string of the molecule is Cn1cc(NC(=O)c2cnc3cccn3c2)c(-c2cc(SC3CC3)ccc2OC(F)F)n1. The first-order valence-corrected chi connectivity index (χ1v) is 10.9. The van der Waals surface area contributed by atoms with E-state index in [4.69, 9.17) is 4.74 Å². The maximum absolute atomic E-state index is 13.0. The molecule has 0 radical (unpaired) electrons. The van der Waals surface area contributed by atoms with Gasteiger partial charge in [-0.1, -0.05) is 0 Å². The van der Waals surface area contributed by atoms with Crippen LogP contribution in [-0.4, -0.2) is 36.9 Å². The number of hydrogen-bond acceptors (Lipinski definition) is 5. The molecule has 3 heterocycles. The van der Waals surface area contributed by atoms with Gasteiger partial charge < -0.3 is 14.5 Å². The molecule has 0 bridgehead atoms. The molecule has 0 unspecified atom stereocenters. The lowest BCUT2D eigenvalue weighted by Gasteiger charge is -2.13. The van der Waals surface area contributed by atoms with Crippen molar-refractivity contribution in [2.75, 3.05) is 5.32 Å². The summed E-state index contributed by atoms with van der Waals surface area (Å²) >= 11 is 1.70. The molecule has 32 heavy (non-hydrogen) atoms. The Kier molecular flexibility index (Phi) is 5.30. The third kappa shape index (κ3) is 4.31. The van der Waals surface area contributed by atoms with Crippen molar-refractivity contribution in [2.24, 2.45) is 7.05 Å². The average molecular weight is 455 g/mol. The Hall–Kier alpha value is -3.40. The van der Waals surface area contributed by atoms with Crippen molar-refractivity contribution >= 4 is 29.0 Å². The van der Waals surface area contributed by atoms with E-state index in [9.17, 15) is 13.6 Å². The van der Waals surface area contributed by atoms with E-state index in [-0.39, 0.29) is 11.7 Å². The van der Waals surface area contributed by atoms with Crippen LogP contribution in [-0.2, 0) is 7.05 Å². The molecule has 1 aliphatic rings. The van der Waals surface area contributed by atoms with Crippen molar-refractivity contribution in [1.82, 2.24) is 19.2 Å². The number of alkyl halides is 2. The highest BCUT2D eigenvalue weighted by Crippen LogP contribution is 2.43. The van der Waals surface area contributed by atoms with Crippen LogP contribution in [0.3, 0.4) is 0 Å². The van der Waals surface area contributed by atoms with Crippen LogP contribution < -0.4 is 10.1 Å². The van der Waals surface area contributed by atoms with Gasteiger partial charge in [0, 0.05) is 47.5 Å². The fourth-order valence-electron chi connectivity index (χ4n) is 3.36. The number of benzene rings is 1. The van der Waals surface area contributed by atoms with Crippen LogP contribution in [0.1, 0.15) is 23.2 Å². The summed E-state index contributed by atoms with van der Waals surface area (Å²) in [5, 5.41) is 7.80. The lowest BCUT2D eigenvalue weighted by molar-refractivity contribution is -0.0494. The fourth-order valence-corrected chi connectivity index (χ4v) is 4.45. The zero-order chi connectivity index (χ0) is 22.2. The molecule has 0 spiro atoms. The Balaban J connectivity index is 1.49. The molecule has 0 aliphatic heterocycles. The number of aromatic nitrogens is 4. The van der Waals surface area contributed by atoms with Gasteiger partial charge in [0.1, 0.15) is 17.1 Å². The Morgan fingerprint density at radius 1 is 1.28 bits per heavy atom. The number of hydrogen-bond donors (Lipinski definition) is 1. The minimum absolute atomic E-state index is 0.00442. The van der Waals surface area contributed by atoms with E-state index in [0.717, 1.165) is 23.4 Å². The summed E-state index contributed by atoms with van der Waals surface area (Å²) in [6.45, 7) is -2.98. The smallest absolute Gasteiger partial charge is 0.387 e. The normalized spacial score (nSPS) is 13.6. The summed E-state index contributed by atoms with van der Waals surface area (Å²) in [7, 11) is 1.70. The highest BCUT2D eigenvalue weighted by molar-refractivity contribution is 8.00. The summed E-state index contributed by atoms with van der Waals surface area (Å²) in [5.74, 6) is -0.382. The van der Waals surface area contributed by atoms with Crippen LogP contribution in [0.25, 0.3) is 16.9 Å². The number of nitrogens with one attached hydrogen (secondary N) is 1. The van der Waals surface area contributed by atoms with Crippen molar-refractivity contribution in [1.29, 1.82) is 0 Å². The molecule has 4 aromatic rings.